The fourth-order valence-corrected chi connectivity index (χ4v) is 3.55. The van der Waals surface area contributed by atoms with E-state index in [9.17, 15) is 18.5 Å². The van der Waals surface area contributed by atoms with Gasteiger partial charge in [0.05, 0.1) is 9.82 Å². The number of nitrogens with two attached hydrogens (primary N) is 1. The van der Waals surface area contributed by atoms with Crippen LogP contribution in [0.1, 0.15) is 5.56 Å². The summed E-state index contributed by atoms with van der Waals surface area (Å²) in [4.78, 5) is 10.1. The third-order valence-corrected chi connectivity index (χ3v) is 5.12. The van der Waals surface area contributed by atoms with Crippen LogP contribution in [0.5, 0.6) is 0 Å². The van der Waals surface area contributed by atoms with Gasteiger partial charge in [0.15, 0.2) is 0 Å². The molecule has 2 N–H and O–H groups in total. The SMILES string of the molecule is NCCN(Cc1ccccc1)S(=O)(=O)c1ccc([N+](=O)[O-])cc1. The van der Waals surface area contributed by atoms with Crippen molar-refractivity contribution in [3.8, 4) is 0 Å². The molecule has 0 fully saturated rings. The smallest absolute Gasteiger partial charge is 0.269 e. The maximum absolute atomic E-state index is 12.7. The Morgan fingerprint density at radius 2 is 1.65 bits per heavy atom. The lowest BCUT2D eigenvalue weighted by molar-refractivity contribution is -0.384. The molecule has 122 valence electrons. The Morgan fingerprint density at radius 3 is 2.17 bits per heavy atom. The molecule has 0 heterocycles. The van der Waals surface area contributed by atoms with Crippen LogP contribution in [0, 0.1) is 10.1 Å². The fourth-order valence-electron chi connectivity index (χ4n) is 2.10. The van der Waals surface area contributed by atoms with Crippen molar-refractivity contribution in [2.45, 2.75) is 11.4 Å². The van der Waals surface area contributed by atoms with Crippen molar-refractivity contribution in [3.63, 3.8) is 0 Å². The van der Waals surface area contributed by atoms with Crippen LogP contribution in [0.15, 0.2) is 59.5 Å². The van der Waals surface area contributed by atoms with E-state index in [1.807, 2.05) is 30.3 Å². The van der Waals surface area contributed by atoms with E-state index < -0.39 is 14.9 Å². The molecule has 0 radical (unpaired) electrons. The normalized spacial score (nSPS) is 11.6. The Bertz CT molecular complexity index is 761. The highest BCUT2D eigenvalue weighted by Gasteiger charge is 2.24. The quantitative estimate of drug-likeness (QED) is 0.613. The number of hydrogen-bond donors (Lipinski definition) is 1. The van der Waals surface area contributed by atoms with Crippen LogP contribution in [0.3, 0.4) is 0 Å². The second-order valence-electron chi connectivity index (χ2n) is 4.86. The summed E-state index contributed by atoms with van der Waals surface area (Å²) >= 11 is 0. The second kappa shape index (κ2) is 7.32. The highest BCUT2D eigenvalue weighted by molar-refractivity contribution is 7.89. The highest BCUT2D eigenvalue weighted by Crippen LogP contribution is 2.21. The summed E-state index contributed by atoms with van der Waals surface area (Å²) in [5.74, 6) is 0. The molecule has 0 aliphatic heterocycles. The molecule has 0 spiro atoms. The predicted molar refractivity (Wildman–Crippen MR) is 86.2 cm³/mol. The Balaban J connectivity index is 2.30. The molecule has 0 aliphatic carbocycles. The number of hydrogen-bond acceptors (Lipinski definition) is 5. The lowest BCUT2D eigenvalue weighted by atomic mass is 10.2. The van der Waals surface area contributed by atoms with Crippen molar-refractivity contribution < 1.29 is 13.3 Å². The van der Waals surface area contributed by atoms with Gasteiger partial charge in [0, 0.05) is 31.8 Å². The Morgan fingerprint density at radius 1 is 1.04 bits per heavy atom. The molecule has 7 nitrogen and oxygen atoms in total. The van der Waals surface area contributed by atoms with Gasteiger partial charge in [-0.3, -0.25) is 10.1 Å². The van der Waals surface area contributed by atoms with Crippen LogP contribution in [-0.4, -0.2) is 30.7 Å². The fraction of sp³-hybridized carbons (Fsp3) is 0.200. The molecule has 0 atom stereocenters. The van der Waals surface area contributed by atoms with Crippen LogP contribution in [0.4, 0.5) is 5.69 Å². The summed E-state index contributed by atoms with van der Waals surface area (Å²) in [7, 11) is -3.77. The molecule has 0 aromatic heterocycles. The summed E-state index contributed by atoms with van der Waals surface area (Å²) in [5.41, 5.74) is 6.21. The number of sulfonamides is 1. The summed E-state index contributed by atoms with van der Waals surface area (Å²) in [5, 5.41) is 10.7. The van der Waals surface area contributed by atoms with Crippen LogP contribution < -0.4 is 5.73 Å². The van der Waals surface area contributed by atoms with Gasteiger partial charge >= 0.3 is 0 Å². The Labute approximate surface area is 134 Å². The van der Waals surface area contributed by atoms with Gasteiger partial charge in [-0.05, 0) is 17.7 Å². The minimum Gasteiger partial charge on any atom is -0.329 e. The van der Waals surface area contributed by atoms with E-state index >= 15 is 0 Å². The van der Waals surface area contributed by atoms with Crippen molar-refractivity contribution in [2.75, 3.05) is 13.1 Å². The molecule has 0 saturated heterocycles. The second-order valence-corrected chi connectivity index (χ2v) is 6.80. The molecule has 0 saturated carbocycles. The maximum atomic E-state index is 12.7. The van der Waals surface area contributed by atoms with Crippen molar-refractivity contribution >= 4 is 15.7 Å². The monoisotopic (exact) mass is 335 g/mol. The molecule has 23 heavy (non-hydrogen) atoms. The molecule has 2 aromatic rings. The first kappa shape index (κ1) is 17.1. The van der Waals surface area contributed by atoms with Crippen LogP contribution in [0.2, 0.25) is 0 Å². The average Bonchev–Trinajstić information content (AvgIpc) is 2.55. The highest BCUT2D eigenvalue weighted by atomic mass is 32.2. The van der Waals surface area contributed by atoms with Gasteiger partial charge in [-0.1, -0.05) is 30.3 Å². The Kier molecular flexibility index (Phi) is 5.43. The number of nitro groups is 1. The largest absolute Gasteiger partial charge is 0.329 e. The van der Waals surface area contributed by atoms with Gasteiger partial charge in [0.25, 0.3) is 5.69 Å². The summed E-state index contributed by atoms with van der Waals surface area (Å²) in [6.07, 6.45) is 0. The van der Waals surface area contributed by atoms with E-state index in [-0.39, 0.29) is 30.2 Å². The van der Waals surface area contributed by atoms with Gasteiger partial charge in [0.1, 0.15) is 0 Å². The topological polar surface area (TPSA) is 107 Å². The molecule has 0 amide bonds. The van der Waals surface area contributed by atoms with E-state index in [0.717, 1.165) is 5.56 Å². The van der Waals surface area contributed by atoms with E-state index in [0.29, 0.717) is 0 Å². The number of benzene rings is 2. The predicted octanol–water partition coefficient (Wildman–Crippen LogP) is 1.74. The van der Waals surface area contributed by atoms with Crippen molar-refractivity contribution in [1.82, 2.24) is 4.31 Å². The molecule has 8 heteroatoms. The minimum absolute atomic E-state index is 0.00693. The summed E-state index contributed by atoms with van der Waals surface area (Å²) in [6, 6.07) is 14.0. The number of nitro benzene ring substituents is 1. The number of nitrogens with zero attached hydrogens (tertiary/aromatic N) is 2. The first-order valence-corrected chi connectivity index (χ1v) is 8.38. The molecule has 2 rings (SSSR count). The zero-order valence-electron chi connectivity index (χ0n) is 12.3. The molecule has 2 aromatic carbocycles. The average molecular weight is 335 g/mol. The third-order valence-electron chi connectivity index (χ3n) is 3.27. The summed E-state index contributed by atoms with van der Waals surface area (Å²) in [6.45, 7) is 0.532. The zero-order valence-corrected chi connectivity index (χ0v) is 13.1. The van der Waals surface area contributed by atoms with Crippen molar-refractivity contribution in [3.05, 3.63) is 70.3 Å². The van der Waals surface area contributed by atoms with E-state index in [1.54, 1.807) is 0 Å². The zero-order chi connectivity index (χ0) is 16.9. The van der Waals surface area contributed by atoms with Gasteiger partial charge in [0.2, 0.25) is 10.0 Å². The van der Waals surface area contributed by atoms with Crippen molar-refractivity contribution in [2.24, 2.45) is 5.73 Å². The summed E-state index contributed by atoms with van der Waals surface area (Å²) < 4.78 is 26.7. The van der Waals surface area contributed by atoms with E-state index in [2.05, 4.69) is 0 Å². The van der Waals surface area contributed by atoms with Crippen LogP contribution in [-0.2, 0) is 16.6 Å². The van der Waals surface area contributed by atoms with Gasteiger partial charge in [-0.2, -0.15) is 4.31 Å². The molecule has 0 unspecified atom stereocenters. The number of non-ortho nitro benzene ring substituents is 1. The molecular formula is C15H17N3O4S. The number of rotatable bonds is 7. The van der Waals surface area contributed by atoms with E-state index in [1.165, 1.54) is 28.6 Å². The first-order chi connectivity index (χ1) is 10.9. The molecule has 0 bridgehead atoms. The first-order valence-electron chi connectivity index (χ1n) is 6.94. The van der Waals surface area contributed by atoms with Crippen LogP contribution in [0.25, 0.3) is 0 Å². The Hall–Kier alpha value is -2.29. The lowest BCUT2D eigenvalue weighted by Gasteiger charge is -2.21. The molecular weight excluding hydrogens is 318 g/mol. The minimum atomic E-state index is -3.77. The van der Waals surface area contributed by atoms with Crippen molar-refractivity contribution in [1.29, 1.82) is 0 Å². The lowest BCUT2D eigenvalue weighted by Crippen LogP contribution is -2.34. The maximum Gasteiger partial charge on any atom is 0.269 e. The van der Waals surface area contributed by atoms with Gasteiger partial charge in [-0.15, -0.1) is 0 Å². The molecule has 0 aliphatic rings. The van der Waals surface area contributed by atoms with Gasteiger partial charge in [-0.25, -0.2) is 8.42 Å². The van der Waals surface area contributed by atoms with Gasteiger partial charge < -0.3 is 5.73 Å². The standard InChI is InChI=1S/C15H17N3O4S/c16-10-11-17(12-13-4-2-1-3-5-13)23(21,22)15-8-6-14(7-9-15)18(19)20/h1-9H,10-12,16H2. The third kappa shape index (κ3) is 4.13. The van der Waals surface area contributed by atoms with Crippen LogP contribution >= 0.6 is 0 Å². The van der Waals surface area contributed by atoms with E-state index in [4.69, 9.17) is 5.73 Å².